The van der Waals surface area contributed by atoms with Crippen molar-refractivity contribution in [3.8, 4) is 17.3 Å². The third-order valence-electron chi connectivity index (χ3n) is 6.15. The van der Waals surface area contributed by atoms with Crippen molar-refractivity contribution in [1.82, 2.24) is 18.9 Å². The van der Waals surface area contributed by atoms with E-state index in [-0.39, 0.29) is 0 Å². The Kier molecular flexibility index (Phi) is 4.57. The van der Waals surface area contributed by atoms with Crippen LogP contribution in [0.4, 0.5) is 0 Å². The normalized spacial score (nSPS) is 14.0. The monoisotopic (exact) mass is 402 g/mol. The maximum absolute atomic E-state index is 11.4. The predicted octanol–water partition coefficient (Wildman–Crippen LogP) is 4.84. The van der Waals surface area contributed by atoms with E-state index in [9.17, 15) is 4.79 Å². The van der Waals surface area contributed by atoms with Crippen LogP contribution in [0.1, 0.15) is 47.9 Å². The summed E-state index contributed by atoms with van der Waals surface area (Å²) in [5.41, 5.74) is 6.37. The van der Waals surface area contributed by atoms with E-state index in [0.29, 0.717) is 17.1 Å². The maximum Gasteiger partial charge on any atom is 0.199 e. The number of nitrogens with zero attached hydrogens (tertiary/aromatic N) is 4. The molecule has 1 aliphatic carbocycles. The fraction of sp³-hybridized carbons (Fsp3) is 0.375. The number of fused-ring (bicyclic) bond motifs is 2. The van der Waals surface area contributed by atoms with Gasteiger partial charge in [-0.15, -0.1) is 0 Å². The molecule has 0 aromatic carbocycles. The van der Waals surface area contributed by atoms with Gasteiger partial charge in [0.25, 0.3) is 0 Å². The fourth-order valence-electron chi connectivity index (χ4n) is 4.26. The summed E-state index contributed by atoms with van der Waals surface area (Å²) in [5, 5.41) is 1.13. The number of imidazole rings is 1. The van der Waals surface area contributed by atoms with Crippen LogP contribution in [-0.4, -0.2) is 32.3 Å². The molecule has 0 saturated heterocycles. The fourth-order valence-corrected chi connectivity index (χ4v) is 4.26. The molecule has 0 unspecified atom stereocenters. The third-order valence-corrected chi connectivity index (χ3v) is 6.15. The van der Waals surface area contributed by atoms with E-state index < -0.39 is 0 Å². The molecule has 154 valence electrons. The van der Waals surface area contributed by atoms with Crippen molar-refractivity contribution in [2.75, 3.05) is 7.11 Å². The van der Waals surface area contributed by atoms with E-state index >= 15 is 0 Å². The quantitative estimate of drug-likeness (QED) is 0.415. The average Bonchev–Trinajstić information content (AvgIpc) is 3.45. The van der Waals surface area contributed by atoms with Crippen molar-refractivity contribution >= 4 is 23.0 Å². The van der Waals surface area contributed by atoms with Crippen molar-refractivity contribution in [2.45, 2.75) is 46.1 Å². The number of aromatic nitrogens is 4. The number of aldehydes is 1. The lowest BCUT2D eigenvalue weighted by molar-refractivity contribution is 0.112. The van der Waals surface area contributed by atoms with Crippen molar-refractivity contribution < 1.29 is 9.53 Å². The molecule has 6 heteroatoms. The number of hydrogen-bond donors (Lipinski definition) is 0. The van der Waals surface area contributed by atoms with Gasteiger partial charge in [0.05, 0.1) is 18.5 Å². The first-order valence-electron chi connectivity index (χ1n) is 10.6. The summed E-state index contributed by atoms with van der Waals surface area (Å²) < 4.78 is 9.85. The first-order valence-corrected chi connectivity index (χ1v) is 10.6. The number of hydrogen-bond acceptors (Lipinski definition) is 4. The second kappa shape index (κ2) is 7.27. The molecule has 6 nitrogen and oxygen atoms in total. The van der Waals surface area contributed by atoms with Crippen molar-refractivity contribution in [3.05, 3.63) is 47.3 Å². The van der Waals surface area contributed by atoms with Gasteiger partial charge in [0, 0.05) is 29.3 Å². The predicted molar refractivity (Wildman–Crippen MR) is 117 cm³/mol. The van der Waals surface area contributed by atoms with Crippen LogP contribution in [0.15, 0.2) is 30.3 Å². The first-order chi connectivity index (χ1) is 14.6. The molecule has 0 bridgehead atoms. The second-order valence-corrected chi connectivity index (χ2v) is 8.17. The Bertz CT molecular complexity index is 1260. The van der Waals surface area contributed by atoms with Gasteiger partial charge < -0.3 is 9.30 Å². The van der Waals surface area contributed by atoms with E-state index in [1.165, 1.54) is 19.3 Å². The summed E-state index contributed by atoms with van der Waals surface area (Å²) in [6, 6.07) is 10.0. The summed E-state index contributed by atoms with van der Waals surface area (Å²) in [4.78, 5) is 21.2. The van der Waals surface area contributed by atoms with Crippen LogP contribution < -0.4 is 4.74 Å². The number of ether oxygens (including phenoxy) is 1. The largest absolute Gasteiger partial charge is 0.482 e. The topological polar surface area (TPSA) is 61.4 Å². The van der Waals surface area contributed by atoms with Crippen LogP contribution in [0.3, 0.4) is 0 Å². The average molecular weight is 402 g/mol. The SMILES string of the molecule is CCc1ccc2cc(-c3nc4cc(C=O)cc(OC)n4c3C)n(CCC3CC3)c2n1. The standard InChI is InChI=1S/C24H26N4O2/c1-4-19-8-7-18-13-20(27(24(18)25-19)10-9-16-5-6-16)23-15(2)28-21(26-23)11-17(14-29)12-22(28)30-3/h7-8,11-14,16H,4-6,9-10H2,1-3H3. The van der Waals surface area contributed by atoms with Crippen LogP contribution in [-0.2, 0) is 13.0 Å². The van der Waals surface area contributed by atoms with Crippen molar-refractivity contribution in [3.63, 3.8) is 0 Å². The molecule has 1 fully saturated rings. The summed E-state index contributed by atoms with van der Waals surface area (Å²) in [7, 11) is 1.62. The van der Waals surface area contributed by atoms with Crippen molar-refractivity contribution in [2.24, 2.45) is 5.92 Å². The van der Waals surface area contributed by atoms with E-state index in [0.717, 1.165) is 59.0 Å². The molecule has 0 N–H and O–H groups in total. The Labute approximate surface area is 175 Å². The van der Waals surface area contributed by atoms with Gasteiger partial charge in [-0.05, 0) is 49.9 Å². The smallest absolute Gasteiger partial charge is 0.199 e. The summed E-state index contributed by atoms with van der Waals surface area (Å²) in [6.07, 6.45) is 5.58. The van der Waals surface area contributed by atoms with Crippen LogP contribution in [0.2, 0.25) is 0 Å². The van der Waals surface area contributed by atoms with Crippen LogP contribution >= 0.6 is 0 Å². The number of aryl methyl sites for hydroxylation is 3. The summed E-state index contributed by atoms with van der Waals surface area (Å²) in [6.45, 7) is 5.12. The number of methoxy groups -OCH3 is 1. The molecule has 30 heavy (non-hydrogen) atoms. The molecular formula is C24H26N4O2. The van der Waals surface area contributed by atoms with E-state index in [1.54, 1.807) is 19.2 Å². The van der Waals surface area contributed by atoms with Crippen LogP contribution in [0.25, 0.3) is 28.1 Å². The highest BCUT2D eigenvalue weighted by Crippen LogP contribution is 2.36. The highest BCUT2D eigenvalue weighted by molar-refractivity contribution is 5.85. The Morgan fingerprint density at radius 1 is 1.20 bits per heavy atom. The number of carbonyl (C=O) groups is 1. The third kappa shape index (κ3) is 3.07. The van der Waals surface area contributed by atoms with Gasteiger partial charge in [-0.3, -0.25) is 9.20 Å². The molecule has 0 radical (unpaired) electrons. The van der Waals surface area contributed by atoms with E-state index in [4.69, 9.17) is 14.7 Å². The molecule has 4 aromatic rings. The van der Waals surface area contributed by atoms with Crippen LogP contribution in [0, 0.1) is 12.8 Å². The maximum atomic E-state index is 11.4. The Hall–Kier alpha value is -3.15. The lowest BCUT2D eigenvalue weighted by Gasteiger charge is -2.10. The Balaban J connectivity index is 1.73. The molecular weight excluding hydrogens is 376 g/mol. The Morgan fingerprint density at radius 3 is 2.73 bits per heavy atom. The van der Waals surface area contributed by atoms with Gasteiger partial charge in [0.2, 0.25) is 0 Å². The van der Waals surface area contributed by atoms with Crippen molar-refractivity contribution in [1.29, 1.82) is 0 Å². The lowest BCUT2D eigenvalue weighted by atomic mass is 10.2. The first kappa shape index (κ1) is 18.9. The summed E-state index contributed by atoms with van der Waals surface area (Å²) in [5.74, 6) is 1.44. The van der Waals surface area contributed by atoms with E-state index in [2.05, 4.69) is 29.7 Å². The zero-order valence-corrected chi connectivity index (χ0v) is 17.7. The molecule has 5 rings (SSSR count). The number of pyridine rings is 2. The molecule has 0 aliphatic heterocycles. The van der Waals surface area contributed by atoms with Gasteiger partial charge in [-0.25, -0.2) is 9.97 Å². The van der Waals surface area contributed by atoms with Gasteiger partial charge in [-0.1, -0.05) is 19.8 Å². The molecule has 1 aliphatic rings. The molecule has 1 saturated carbocycles. The van der Waals surface area contributed by atoms with Gasteiger partial charge in [0.1, 0.15) is 23.3 Å². The minimum absolute atomic E-state index is 0.555. The zero-order chi connectivity index (χ0) is 20.8. The van der Waals surface area contributed by atoms with E-state index in [1.807, 2.05) is 11.3 Å². The highest BCUT2D eigenvalue weighted by Gasteiger charge is 2.24. The zero-order valence-electron chi connectivity index (χ0n) is 17.7. The molecule has 0 amide bonds. The lowest BCUT2D eigenvalue weighted by Crippen LogP contribution is -2.04. The minimum Gasteiger partial charge on any atom is -0.482 e. The summed E-state index contributed by atoms with van der Waals surface area (Å²) >= 11 is 0. The molecule has 4 heterocycles. The minimum atomic E-state index is 0.555. The number of carbonyl (C=O) groups excluding carboxylic acids is 1. The van der Waals surface area contributed by atoms with Gasteiger partial charge in [0.15, 0.2) is 5.88 Å². The second-order valence-electron chi connectivity index (χ2n) is 8.17. The number of rotatable bonds is 7. The molecule has 0 spiro atoms. The van der Waals surface area contributed by atoms with Crippen LogP contribution in [0.5, 0.6) is 5.88 Å². The Morgan fingerprint density at radius 2 is 2.03 bits per heavy atom. The van der Waals surface area contributed by atoms with Gasteiger partial charge in [-0.2, -0.15) is 0 Å². The highest BCUT2D eigenvalue weighted by atomic mass is 16.5. The molecule has 4 aromatic heterocycles. The van der Waals surface area contributed by atoms with Gasteiger partial charge >= 0.3 is 0 Å². The molecule has 0 atom stereocenters.